The Hall–Kier alpha value is -2.46. The first kappa shape index (κ1) is 21.4. The van der Waals surface area contributed by atoms with Gasteiger partial charge in [-0.05, 0) is 43.5 Å². The lowest BCUT2D eigenvalue weighted by Crippen LogP contribution is -2.43. The number of carbonyl (C=O) groups is 1. The van der Waals surface area contributed by atoms with Crippen molar-refractivity contribution in [3.8, 4) is 0 Å². The monoisotopic (exact) mass is 467 g/mol. The fourth-order valence-corrected chi connectivity index (χ4v) is 5.53. The Bertz CT molecular complexity index is 1260. The molecule has 1 fully saturated rings. The molecule has 4 heterocycles. The molecule has 5 rings (SSSR count). The van der Waals surface area contributed by atoms with Crippen LogP contribution in [0.1, 0.15) is 16.2 Å². The van der Waals surface area contributed by atoms with Gasteiger partial charge in [-0.3, -0.25) is 19.0 Å². The number of aryl methyl sites for hydroxylation is 1. The largest absolute Gasteiger partial charge is 0.379 e. The second-order valence-electron chi connectivity index (χ2n) is 7.72. The van der Waals surface area contributed by atoms with E-state index in [-0.39, 0.29) is 5.91 Å². The van der Waals surface area contributed by atoms with E-state index in [2.05, 4.69) is 28.3 Å². The molecule has 0 spiro atoms. The van der Waals surface area contributed by atoms with Gasteiger partial charge in [-0.25, -0.2) is 9.97 Å². The van der Waals surface area contributed by atoms with Crippen molar-refractivity contribution in [1.82, 2.24) is 19.3 Å². The van der Waals surface area contributed by atoms with Crippen LogP contribution >= 0.6 is 23.1 Å². The van der Waals surface area contributed by atoms with E-state index >= 15 is 0 Å². The summed E-state index contributed by atoms with van der Waals surface area (Å²) in [5.74, 6) is -0.0707. The number of amides is 1. The van der Waals surface area contributed by atoms with Gasteiger partial charge in [0.2, 0.25) is 0 Å². The predicted octanol–water partition coefficient (Wildman–Crippen LogP) is 3.95. The molecular weight excluding hydrogens is 442 g/mol. The number of thiazole rings is 1. The molecular formula is C23H25N5O2S2. The Morgan fingerprint density at radius 1 is 1.22 bits per heavy atom. The van der Waals surface area contributed by atoms with E-state index in [4.69, 9.17) is 9.72 Å². The van der Waals surface area contributed by atoms with Crippen LogP contribution in [0.3, 0.4) is 0 Å². The van der Waals surface area contributed by atoms with Crippen LogP contribution < -0.4 is 4.90 Å². The Labute approximate surface area is 195 Å². The Balaban J connectivity index is 1.52. The van der Waals surface area contributed by atoms with Gasteiger partial charge in [0.05, 0.1) is 29.1 Å². The molecule has 0 atom stereocenters. The number of imidazole rings is 1. The summed E-state index contributed by atoms with van der Waals surface area (Å²) in [4.78, 5) is 28.7. The summed E-state index contributed by atoms with van der Waals surface area (Å²) in [5, 5.41) is 0.724. The number of ether oxygens (including phenoxy) is 1. The number of anilines is 1. The van der Waals surface area contributed by atoms with E-state index in [0.29, 0.717) is 12.2 Å². The van der Waals surface area contributed by atoms with Crippen molar-refractivity contribution in [2.45, 2.75) is 11.8 Å². The SMILES string of the molecule is CSc1ccc2nc(N(CCN3CCOCC3)C(=O)c3c(C)nc4ccccn34)sc2c1. The van der Waals surface area contributed by atoms with E-state index in [9.17, 15) is 4.79 Å². The zero-order valence-corrected chi connectivity index (χ0v) is 19.8. The summed E-state index contributed by atoms with van der Waals surface area (Å²) < 4.78 is 8.44. The predicted molar refractivity (Wildman–Crippen MR) is 130 cm³/mol. The van der Waals surface area contributed by atoms with E-state index in [1.165, 1.54) is 4.90 Å². The van der Waals surface area contributed by atoms with Crippen molar-refractivity contribution in [2.75, 3.05) is 50.5 Å². The van der Waals surface area contributed by atoms with Crippen LogP contribution in [0.15, 0.2) is 47.5 Å². The Kier molecular flexibility index (Phi) is 6.14. The number of benzene rings is 1. The molecule has 0 aliphatic carbocycles. The van der Waals surface area contributed by atoms with Crippen LogP contribution in [0.5, 0.6) is 0 Å². The normalized spacial score (nSPS) is 14.9. The molecule has 32 heavy (non-hydrogen) atoms. The fraction of sp³-hybridized carbons (Fsp3) is 0.348. The number of fused-ring (bicyclic) bond motifs is 2. The number of hydrogen-bond acceptors (Lipinski definition) is 7. The average Bonchev–Trinajstić information content (AvgIpc) is 3.39. The van der Waals surface area contributed by atoms with Crippen LogP contribution in [-0.4, -0.2) is 70.8 Å². The lowest BCUT2D eigenvalue weighted by atomic mass is 10.3. The van der Waals surface area contributed by atoms with Gasteiger partial charge in [-0.1, -0.05) is 17.4 Å². The molecule has 0 saturated carbocycles. The fourth-order valence-electron chi connectivity index (χ4n) is 3.98. The molecule has 7 nitrogen and oxygen atoms in total. The number of hydrogen-bond donors (Lipinski definition) is 0. The van der Waals surface area contributed by atoms with Crippen molar-refractivity contribution in [2.24, 2.45) is 0 Å². The van der Waals surface area contributed by atoms with Gasteiger partial charge in [-0.15, -0.1) is 11.8 Å². The Morgan fingerprint density at radius 3 is 2.88 bits per heavy atom. The van der Waals surface area contributed by atoms with Crippen molar-refractivity contribution >= 4 is 50.0 Å². The average molecular weight is 468 g/mol. The van der Waals surface area contributed by atoms with Gasteiger partial charge < -0.3 is 4.74 Å². The molecule has 0 radical (unpaired) electrons. The maximum absolute atomic E-state index is 13.9. The smallest absolute Gasteiger partial charge is 0.279 e. The van der Waals surface area contributed by atoms with Gasteiger partial charge in [0.1, 0.15) is 11.3 Å². The quantitative estimate of drug-likeness (QED) is 0.400. The lowest BCUT2D eigenvalue weighted by Gasteiger charge is -2.29. The topological polar surface area (TPSA) is 63.0 Å². The third-order valence-electron chi connectivity index (χ3n) is 5.71. The zero-order valence-electron chi connectivity index (χ0n) is 18.2. The number of carbonyl (C=O) groups excluding carboxylic acids is 1. The maximum atomic E-state index is 13.9. The van der Waals surface area contributed by atoms with Crippen molar-refractivity contribution in [1.29, 1.82) is 0 Å². The number of aromatic nitrogens is 3. The summed E-state index contributed by atoms with van der Waals surface area (Å²) in [5.41, 5.74) is 3.01. The molecule has 0 bridgehead atoms. The Morgan fingerprint density at radius 2 is 2.06 bits per heavy atom. The maximum Gasteiger partial charge on any atom is 0.279 e. The number of pyridine rings is 1. The molecule has 1 aromatic carbocycles. The minimum atomic E-state index is -0.0707. The summed E-state index contributed by atoms with van der Waals surface area (Å²) in [6.07, 6.45) is 3.96. The van der Waals surface area contributed by atoms with Crippen molar-refractivity contribution in [3.63, 3.8) is 0 Å². The van der Waals surface area contributed by atoms with Gasteiger partial charge in [0.25, 0.3) is 5.91 Å². The first-order valence-corrected chi connectivity index (χ1v) is 12.7. The van der Waals surface area contributed by atoms with E-state index in [1.807, 2.05) is 46.7 Å². The van der Waals surface area contributed by atoms with E-state index in [0.717, 1.165) is 59.5 Å². The molecule has 1 aliphatic rings. The molecule has 3 aromatic heterocycles. The third-order valence-corrected chi connectivity index (χ3v) is 7.48. The first-order chi connectivity index (χ1) is 15.6. The summed E-state index contributed by atoms with van der Waals surface area (Å²) in [7, 11) is 0. The van der Waals surface area contributed by atoms with Gasteiger partial charge in [-0.2, -0.15) is 0 Å². The summed E-state index contributed by atoms with van der Waals surface area (Å²) in [6.45, 7) is 6.47. The van der Waals surface area contributed by atoms with Crippen molar-refractivity contribution in [3.05, 3.63) is 54.0 Å². The molecule has 9 heteroatoms. The molecule has 0 N–H and O–H groups in total. The van der Waals surface area contributed by atoms with E-state index in [1.54, 1.807) is 23.1 Å². The van der Waals surface area contributed by atoms with Crippen LogP contribution in [-0.2, 0) is 4.74 Å². The highest BCUT2D eigenvalue weighted by atomic mass is 32.2. The highest BCUT2D eigenvalue weighted by Gasteiger charge is 2.27. The molecule has 4 aromatic rings. The second kappa shape index (κ2) is 9.19. The third kappa shape index (κ3) is 4.13. The number of nitrogens with zero attached hydrogens (tertiary/aromatic N) is 5. The number of rotatable bonds is 6. The van der Waals surface area contributed by atoms with Crippen LogP contribution in [0.25, 0.3) is 15.9 Å². The van der Waals surface area contributed by atoms with Crippen molar-refractivity contribution < 1.29 is 9.53 Å². The van der Waals surface area contributed by atoms with Gasteiger partial charge in [0, 0.05) is 37.3 Å². The minimum Gasteiger partial charge on any atom is -0.379 e. The first-order valence-electron chi connectivity index (χ1n) is 10.6. The summed E-state index contributed by atoms with van der Waals surface area (Å²) >= 11 is 3.27. The second-order valence-corrected chi connectivity index (χ2v) is 9.60. The number of morpholine rings is 1. The zero-order chi connectivity index (χ0) is 22.1. The van der Waals surface area contributed by atoms with Gasteiger partial charge in [0.15, 0.2) is 5.13 Å². The molecule has 166 valence electrons. The standard InChI is InChI=1S/C23H25N5O2S2/c1-16-21(27-8-4-3-5-20(27)24-16)22(29)28(10-9-26-11-13-30-14-12-26)23-25-18-7-6-17(31-2)15-19(18)32-23/h3-8,15H,9-14H2,1-2H3. The minimum absolute atomic E-state index is 0.0707. The van der Waals surface area contributed by atoms with Gasteiger partial charge >= 0.3 is 0 Å². The molecule has 1 amide bonds. The molecule has 0 unspecified atom stereocenters. The van der Waals surface area contributed by atoms with Crippen LogP contribution in [0.4, 0.5) is 5.13 Å². The van der Waals surface area contributed by atoms with Crippen LogP contribution in [0.2, 0.25) is 0 Å². The van der Waals surface area contributed by atoms with Crippen LogP contribution in [0, 0.1) is 6.92 Å². The van der Waals surface area contributed by atoms with E-state index < -0.39 is 0 Å². The highest BCUT2D eigenvalue weighted by Crippen LogP contribution is 2.32. The lowest BCUT2D eigenvalue weighted by molar-refractivity contribution is 0.0391. The molecule has 1 aliphatic heterocycles. The highest BCUT2D eigenvalue weighted by molar-refractivity contribution is 7.98. The number of thioether (sulfide) groups is 1. The molecule has 1 saturated heterocycles. The summed E-state index contributed by atoms with van der Waals surface area (Å²) in [6, 6.07) is 12.0.